The minimum absolute atomic E-state index is 0.00788. The Hall–Kier alpha value is -1.23. The monoisotopic (exact) mass is 298 g/mol. The van der Waals surface area contributed by atoms with E-state index in [1.807, 2.05) is 4.90 Å². The van der Waals surface area contributed by atoms with Crippen molar-refractivity contribution in [3.05, 3.63) is 29.6 Å². The molecule has 1 saturated carbocycles. The molecule has 1 aromatic rings. The van der Waals surface area contributed by atoms with Crippen molar-refractivity contribution < 1.29 is 13.2 Å². The van der Waals surface area contributed by atoms with Crippen molar-refractivity contribution in [3.8, 4) is 0 Å². The second-order valence-electron chi connectivity index (χ2n) is 6.26. The molecule has 1 N–H and O–H groups in total. The lowest BCUT2D eigenvalue weighted by Crippen LogP contribution is -2.52. The summed E-state index contributed by atoms with van der Waals surface area (Å²) in [6, 6.07) is 1.64. The van der Waals surface area contributed by atoms with Gasteiger partial charge in [0.2, 0.25) is 0 Å². The molecule has 1 saturated heterocycles. The van der Waals surface area contributed by atoms with E-state index in [2.05, 4.69) is 5.32 Å². The number of halogens is 3. The summed E-state index contributed by atoms with van der Waals surface area (Å²) >= 11 is 0. The zero-order chi connectivity index (χ0) is 14.9. The first-order valence-corrected chi connectivity index (χ1v) is 7.74. The zero-order valence-corrected chi connectivity index (χ0v) is 12.1. The Kier molecular flexibility index (Phi) is 4.11. The molecular weight excluding hydrogens is 277 g/mol. The highest BCUT2D eigenvalue weighted by Crippen LogP contribution is 2.33. The number of hydrogen-bond acceptors (Lipinski definition) is 2. The first-order valence-electron chi connectivity index (χ1n) is 7.74. The van der Waals surface area contributed by atoms with Gasteiger partial charge in [-0.15, -0.1) is 0 Å². The highest BCUT2D eigenvalue weighted by Gasteiger charge is 2.35. The van der Waals surface area contributed by atoms with Crippen LogP contribution in [0.5, 0.6) is 0 Å². The van der Waals surface area contributed by atoms with Gasteiger partial charge in [-0.05, 0) is 25.8 Å². The van der Waals surface area contributed by atoms with Crippen molar-refractivity contribution >= 4 is 5.69 Å². The molecule has 1 aliphatic carbocycles. The fraction of sp³-hybridized carbons (Fsp3) is 0.625. The normalized spacial score (nSPS) is 22.3. The molecular formula is C16H21F3N2. The lowest BCUT2D eigenvalue weighted by molar-refractivity contribution is 0.246. The third-order valence-corrected chi connectivity index (χ3v) is 4.74. The molecule has 0 bridgehead atoms. The molecule has 5 heteroatoms. The van der Waals surface area contributed by atoms with Crippen LogP contribution in [-0.4, -0.2) is 25.2 Å². The Bertz CT molecular complexity index is 512. The molecule has 1 spiro atoms. The average molecular weight is 298 g/mol. The average Bonchev–Trinajstić information content (AvgIpc) is 2.66. The van der Waals surface area contributed by atoms with E-state index in [1.165, 1.54) is 19.3 Å². The number of rotatable bonds is 1. The van der Waals surface area contributed by atoms with Gasteiger partial charge >= 0.3 is 0 Å². The van der Waals surface area contributed by atoms with E-state index < -0.39 is 17.5 Å². The first kappa shape index (κ1) is 14.7. The van der Waals surface area contributed by atoms with E-state index in [0.29, 0.717) is 19.2 Å². The van der Waals surface area contributed by atoms with Crippen molar-refractivity contribution in [2.75, 3.05) is 24.5 Å². The van der Waals surface area contributed by atoms with Crippen LogP contribution in [0.3, 0.4) is 0 Å². The van der Waals surface area contributed by atoms with Crippen molar-refractivity contribution in [1.82, 2.24) is 5.32 Å². The van der Waals surface area contributed by atoms with Crippen LogP contribution in [0.1, 0.15) is 38.5 Å². The van der Waals surface area contributed by atoms with Gasteiger partial charge in [-0.1, -0.05) is 19.3 Å². The summed E-state index contributed by atoms with van der Waals surface area (Å²) in [7, 11) is 0. The fourth-order valence-electron chi connectivity index (χ4n) is 3.65. The summed E-state index contributed by atoms with van der Waals surface area (Å²) in [5.74, 6) is -2.79. The Morgan fingerprint density at radius 1 is 0.905 bits per heavy atom. The van der Waals surface area contributed by atoms with E-state index in [9.17, 15) is 13.2 Å². The standard InChI is InChI=1S/C16H21F3N2/c17-12-9-14(19)15(10-13(12)18)21-8-4-7-20-16(11-21)5-2-1-3-6-16/h9-10,20H,1-8,11H2. The Morgan fingerprint density at radius 3 is 2.38 bits per heavy atom. The summed E-state index contributed by atoms with van der Waals surface area (Å²) in [4.78, 5) is 1.88. The fourth-order valence-corrected chi connectivity index (χ4v) is 3.65. The van der Waals surface area contributed by atoms with Crippen LogP contribution in [0.25, 0.3) is 0 Å². The minimum atomic E-state index is -1.13. The largest absolute Gasteiger partial charge is 0.367 e. The third kappa shape index (κ3) is 3.03. The molecule has 21 heavy (non-hydrogen) atoms. The number of nitrogens with one attached hydrogen (secondary N) is 1. The molecule has 0 unspecified atom stereocenters. The van der Waals surface area contributed by atoms with Crippen molar-refractivity contribution in [3.63, 3.8) is 0 Å². The van der Waals surface area contributed by atoms with Gasteiger partial charge < -0.3 is 10.2 Å². The maximum absolute atomic E-state index is 14.0. The zero-order valence-electron chi connectivity index (χ0n) is 12.1. The summed E-state index contributed by atoms with van der Waals surface area (Å²) in [6.45, 7) is 2.22. The topological polar surface area (TPSA) is 15.3 Å². The SMILES string of the molecule is Fc1cc(F)c(N2CCCNC3(CCCCC3)C2)cc1F. The van der Waals surface area contributed by atoms with Crippen LogP contribution in [0.2, 0.25) is 0 Å². The molecule has 1 heterocycles. The van der Waals surface area contributed by atoms with Gasteiger partial charge in [-0.3, -0.25) is 0 Å². The van der Waals surface area contributed by atoms with Gasteiger partial charge in [0.25, 0.3) is 0 Å². The van der Waals surface area contributed by atoms with Gasteiger partial charge in [0.15, 0.2) is 11.6 Å². The number of nitrogens with zero attached hydrogens (tertiary/aromatic N) is 1. The van der Waals surface area contributed by atoms with Crippen molar-refractivity contribution in [2.24, 2.45) is 0 Å². The number of benzene rings is 1. The van der Waals surface area contributed by atoms with Crippen LogP contribution >= 0.6 is 0 Å². The second kappa shape index (κ2) is 5.87. The molecule has 2 nitrogen and oxygen atoms in total. The van der Waals surface area contributed by atoms with Crippen LogP contribution in [0.4, 0.5) is 18.9 Å². The van der Waals surface area contributed by atoms with E-state index in [-0.39, 0.29) is 11.2 Å². The maximum Gasteiger partial charge on any atom is 0.161 e. The summed E-state index contributed by atoms with van der Waals surface area (Å²) in [5, 5.41) is 3.61. The quantitative estimate of drug-likeness (QED) is 0.797. The molecule has 2 fully saturated rings. The lowest BCUT2D eigenvalue weighted by atomic mass is 9.81. The van der Waals surface area contributed by atoms with Crippen LogP contribution < -0.4 is 10.2 Å². The summed E-state index contributed by atoms with van der Waals surface area (Å²) in [6.07, 6.45) is 6.58. The van der Waals surface area contributed by atoms with Crippen molar-refractivity contribution in [2.45, 2.75) is 44.1 Å². The van der Waals surface area contributed by atoms with E-state index in [0.717, 1.165) is 31.9 Å². The highest BCUT2D eigenvalue weighted by molar-refractivity contribution is 5.49. The second-order valence-corrected chi connectivity index (χ2v) is 6.26. The van der Waals surface area contributed by atoms with Gasteiger partial charge in [0.1, 0.15) is 5.82 Å². The Balaban J connectivity index is 1.88. The van der Waals surface area contributed by atoms with E-state index >= 15 is 0 Å². The molecule has 116 valence electrons. The predicted molar refractivity (Wildman–Crippen MR) is 77.0 cm³/mol. The highest BCUT2D eigenvalue weighted by atomic mass is 19.2. The Morgan fingerprint density at radius 2 is 1.62 bits per heavy atom. The summed E-state index contributed by atoms with van der Waals surface area (Å²) < 4.78 is 40.6. The molecule has 1 aliphatic heterocycles. The maximum atomic E-state index is 14.0. The lowest BCUT2D eigenvalue weighted by Gasteiger charge is -2.40. The predicted octanol–water partition coefficient (Wildman–Crippen LogP) is 3.61. The van der Waals surface area contributed by atoms with Gasteiger partial charge in [0, 0.05) is 30.8 Å². The number of hydrogen-bond donors (Lipinski definition) is 1. The van der Waals surface area contributed by atoms with Crippen LogP contribution in [0, 0.1) is 17.5 Å². The minimum Gasteiger partial charge on any atom is -0.367 e. The van der Waals surface area contributed by atoms with Gasteiger partial charge in [-0.25, -0.2) is 13.2 Å². The van der Waals surface area contributed by atoms with Crippen molar-refractivity contribution in [1.29, 1.82) is 0 Å². The van der Waals surface area contributed by atoms with Gasteiger partial charge in [0.05, 0.1) is 5.69 Å². The molecule has 0 aromatic heterocycles. The molecule has 0 amide bonds. The van der Waals surface area contributed by atoms with Gasteiger partial charge in [-0.2, -0.15) is 0 Å². The van der Waals surface area contributed by atoms with E-state index in [1.54, 1.807) is 0 Å². The van der Waals surface area contributed by atoms with Crippen LogP contribution in [0.15, 0.2) is 12.1 Å². The third-order valence-electron chi connectivity index (χ3n) is 4.74. The molecule has 0 radical (unpaired) electrons. The molecule has 2 aliphatic rings. The molecule has 0 atom stereocenters. The Labute approximate surface area is 123 Å². The van der Waals surface area contributed by atoms with Crippen LogP contribution in [-0.2, 0) is 0 Å². The first-order chi connectivity index (χ1) is 10.1. The number of anilines is 1. The molecule has 1 aromatic carbocycles. The summed E-state index contributed by atoms with van der Waals surface area (Å²) in [5.41, 5.74) is 0.175. The van der Waals surface area contributed by atoms with E-state index in [4.69, 9.17) is 0 Å². The molecule has 3 rings (SSSR count). The smallest absolute Gasteiger partial charge is 0.161 e.